The number of fused-ring (bicyclic) bond motifs is 1. The van der Waals surface area contributed by atoms with Gasteiger partial charge in [-0.1, -0.05) is 0 Å². The first-order chi connectivity index (χ1) is 12.5. The Hall–Kier alpha value is -3.10. The number of ether oxygens (including phenoxy) is 1. The van der Waals surface area contributed by atoms with E-state index in [1.807, 2.05) is 19.3 Å². The monoisotopic (exact) mass is 355 g/mol. The molecule has 2 N–H and O–H groups in total. The molecule has 0 amide bonds. The number of methoxy groups -OCH3 is 1. The van der Waals surface area contributed by atoms with Crippen LogP contribution in [0.1, 0.15) is 12.8 Å². The van der Waals surface area contributed by atoms with Gasteiger partial charge in [-0.25, -0.2) is 4.98 Å². The highest BCUT2D eigenvalue weighted by Gasteiger charge is 2.27. The van der Waals surface area contributed by atoms with Gasteiger partial charge in [-0.05, 0) is 12.3 Å². The van der Waals surface area contributed by atoms with Gasteiger partial charge >= 0.3 is 5.97 Å². The first-order valence-electron chi connectivity index (χ1n) is 8.50. The van der Waals surface area contributed by atoms with Crippen LogP contribution < -0.4 is 10.6 Å². The molecule has 9 heteroatoms. The van der Waals surface area contributed by atoms with Gasteiger partial charge in [0.05, 0.1) is 25.9 Å². The summed E-state index contributed by atoms with van der Waals surface area (Å²) >= 11 is 0. The second-order valence-corrected chi connectivity index (χ2v) is 6.62. The molecule has 9 nitrogen and oxygen atoms in total. The van der Waals surface area contributed by atoms with E-state index >= 15 is 0 Å². The largest absolute Gasteiger partial charge is 0.469 e. The van der Waals surface area contributed by atoms with E-state index in [2.05, 4.69) is 15.1 Å². The van der Waals surface area contributed by atoms with E-state index in [0.29, 0.717) is 17.9 Å². The lowest BCUT2D eigenvalue weighted by Gasteiger charge is -2.18. The Bertz CT molecular complexity index is 961. The van der Waals surface area contributed by atoms with Crippen LogP contribution in [0.4, 0.5) is 11.6 Å². The number of nitrogen functional groups attached to an aromatic ring is 1. The van der Waals surface area contributed by atoms with Crippen LogP contribution in [0.3, 0.4) is 0 Å². The molecule has 0 aromatic carbocycles. The van der Waals surface area contributed by atoms with Gasteiger partial charge in [-0.3, -0.25) is 9.48 Å². The SMILES string of the molecule is COC(=O)CC1CCN(c2cc(N)n3ncc(-c4cnn(C)c4)c3n2)C1. The Kier molecular flexibility index (Phi) is 3.98. The molecule has 1 aliphatic rings. The lowest BCUT2D eigenvalue weighted by Crippen LogP contribution is -2.22. The molecule has 0 aliphatic carbocycles. The predicted molar refractivity (Wildman–Crippen MR) is 96.6 cm³/mol. The maximum Gasteiger partial charge on any atom is 0.305 e. The third kappa shape index (κ3) is 2.85. The molecule has 3 aromatic heterocycles. The normalized spacial score (nSPS) is 17.2. The average Bonchev–Trinajstić information content (AvgIpc) is 3.34. The van der Waals surface area contributed by atoms with Gasteiger partial charge in [0.1, 0.15) is 11.6 Å². The van der Waals surface area contributed by atoms with Gasteiger partial charge < -0.3 is 15.4 Å². The van der Waals surface area contributed by atoms with Crippen molar-refractivity contribution in [3.05, 3.63) is 24.7 Å². The van der Waals surface area contributed by atoms with Crippen molar-refractivity contribution < 1.29 is 9.53 Å². The molecule has 1 fully saturated rings. The van der Waals surface area contributed by atoms with Crippen LogP contribution >= 0.6 is 0 Å². The maximum atomic E-state index is 11.5. The van der Waals surface area contributed by atoms with Crippen LogP contribution in [0, 0.1) is 5.92 Å². The van der Waals surface area contributed by atoms with Crippen molar-refractivity contribution in [1.29, 1.82) is 0 Å². The second kappa shape index (κ2) is 6.32. The predicted octanol–water partition coefficient (Wildman–Crippen LogP) is 1.10. The van der Waals surface area contributed by atoms with Crippen molar-refractivity contribution in [2.24, 2.45) is 13.0 Å². The number of aromatic nitrogens is 5. The fraction of sp³-hybridized carbons (Fsp3) is 0.412. The van der Waals surface area contributed by atoms with E-state index in [1.54, 1.807) is 21.6 Å². The third-order valence-electron chi connectivity index (χ3n) is 4.79. The fourth-order valence-electron chi connectivity index (χ4n) is 3.43. The molecule has 26 heavy (non-hydrogen) atoms. The average molecular weight is 355 g/mol. The van der Waals surface area contributed by atoms with Gasteiger partial charge in [0, 0.05) is 43.5 Å². The maximum absolute atomic E-state index is 11.5. The van der Waals surface area contributed by atoms with E-state index in [4.69, 9.17) is 15.5 Å². The highest BCUT2D eigenvalue weighted by Crippen LogP contribution is 2.29. The summed E-state index contributed by atoms with van der Waals surface area (Å²) in [5.41, 5.74) is 8.72. The Labute approximate surface area is 150 Å². The number of nitrogens with zero attached hydrogens (tertiary/aromatic N) is 6. The molecule has 0 radical (unpaired) electrons. The topological polar surface area (TPSA) is 104 Å². The minimum atomic E-state index is -0.172. The van der Waals surface area contributed by atoms with E-state index in [0.717, 1.165) is 36.5 Å². The summed E-state index contributed by atoms with van der Waals surface area (Å²) in [6.45, 7) is 1.59. The molecule has 0 spiro atoms. The van der Waals surface area contributed by atoms with E-state index in [-0.39, 0.29) is 11.9 Å². The standard InChI is InChI=1S/C17H21N7O2/c1-22-10-12(7-19-22)13-8-20-24-14(18)6-15(21-17(13)24)23-4-3-11(9-23)5-16(25)26-2/h6-8,10-11H,3-5,9,18H2,1-2H3. The second-order valence-electron chi connectivity index (χ2n) is 6.62. The molecule has 1 unspecified atom stereocenters. The summed E-state index contributed by atoms with van der Waals surface area (Å²) in [5.74, 6) is 1.42. The van der Waals surface area contributed by atoms with Crippen molar-refractivity contribution in [1.82, 2.24) is 24.4 Å². The van der Waals surface area contributed by atoms with Crippen LogP contribution in [0.25, 0.3) is 16.8 Å². The number of carbonyl (C=O) groups excluding carboxylic acids is 1. The Morgan fingerprint density at radius 2 is 2.23 bits per heavy atom. The molecule has 1 saturated heterocycles. The zero-order chi connectivity index (χ0) is 18.3. The van der Waals surface area contributed by atoms with Crippen LogP contribution in [-0.4, -0.2) is 50.5 Å². The number of esters is 1. The number of anilines is 2. The van der Waals surface area contributed by atoms with Gasteiger partial charge in [0.25, 0.3) is 0 Å². The smallest absolute Gasteiger partial charge is 0.305 e. The first kappa shape index (κ1) is 16.4. The molecule has 4 rings (SSSR count). The van der Waals surface area contributed by atoms with Crippen LogP contribution in [0.5, 0.6) is 0 Å². The van der Waals surface area contributed by atoms with Crippen molar-refractivity contribution >= 4 is 23.3 Å². The van der Waals surface area contributed by atoms with Crippen LogP contribution in [0.2, 0.25) is 0 Å². The van der Waals surface area contributed by atoms with Crippen molar-refractivity contribution in [3.8, 4) is 11.1 Å². The number of nitrogens with two attached hydrogens (primary N) is 1. The molecule has 1 aliphatic heterocycles. The van der Waals surface area contributed by atoms with Gasteiger partial charge in [0.2, 0.25) is 0 Å². The number of hydrogen-bond donors (Lipinski definition) is 1. The van der Waals surface area contributed by atoms with E-state index in [1.165, 1.54) is 7.11 Å². The summed E-state index contributed by atoms with van der Waals surface area (Å²) in [5, 5.41) is 8.56. The van der Waals surface area contributed by atoms with Crippen LogP contribution in [0.15, 0.2) is 24.7 Å². The van der Waals surface area contributed by atoms with E-state index in [9.17, 15) is 4.79 Å². The van der Waals surface area contributed by atoms with Crippen molar-refractivity contribution in [2.45, 2.75) is 12.8 Å². The Morgan fingerprint density at radius 1 is 1.38 bits per heavy atom. The summed E-state index contributed by atoms with van der Waals surface area (Å²) < 4.78 is 8.15. The van der Waals surface area contributed by atoms with Gasteiger partial charge in [-0.2, -0.15) is 14.7 Å². The molecule has 0 saturated carbocycles. The zero-order valence-electron chi connectivity index (χ0n) is 14.8. The van der Waals surface area contributed by atoms with Gasteiger partial charge in [0.15, 0.2) is 5.65 Å². The molecular weight excluding hydrogens is 334 g/mol. The molecule has 0 bridgehead atoms. The lowest BCUT2D eigenvalue weighted by molar-refractivity contribution is -0.141. The third-order valence-corrected chi connectivity index (χ3v) is 4.79. The van der Waals surface area contributed by atoms with Gasteiger partial charge in [-0.15, -0.1) is 0 Å². The van der Waals surface area contributed by atoms with Crippen molar-refractivity contribution in [3.63, 3.8) is 0 Å². The van der Waals surface area contributed by atoms with Crippen molar-refractivity contribution in [2.75, 3.05) is 30.8 Å². The quantitative estimate of drug-likeness (QED) is 0.699. The zero-order valence-corrected chi connectivity index (χ0v) is 14.8. The molecule has 1 atom stereocenters. The number of carbonyl (C=O) groups is 1. The highest BCUT2D eigenvalue weighted by molar-refractivity contribution is 5.78. The minimum absolute atomic E-state index is 0.172. The Morgan fingerprint density at radius 3 is 2.96 bits per heavy atom. The molecular formula is C17H21N7O2. The lowest BCUT2D eigenvalue weighted by atomic mass is 10.1. The summed E-state index contributed by atoms with van der Waals surface area (Å²) in [6.07, 6.45) is 6.81. The summed E-state index contributed by atoms with van der Waals surface area (Å²) in [4.78, 5) is 18.5. The van der Waals surface area contributed by atoms with Crippen LogP contribution in [-0.2, 0) is 16.6 Å². The molecule has 4 heterocycles. The highest BCUT2D eigenvalue weighted by atomic mass is 16.5. The van der Waals surface area contributed by atoms with E-state index < -0.39 is 0 Å². The number of rotatable bonds is 4. The number of aryl methyl sites for hydroxylation is 1. The number of hydrogen-bond acceptors (Lipinski definition) is 7. The summed E-state index contributed by atoms with van der Waals surface area (Å²) in [6, 6.07) is 1.83. The first-order valence-corrected chi connectivity index (χ1v) is 8.50. The fourth-order valence-corrected chi connectivity index (χ4v) is 3.43. The molecule has 136 valence electrons. The summed E-state index contributed by atoms with van der Waals surface area (Å²) in [7, 11) is 3.29. The molecule has 3 aromatic rings. The Balaban J connectivity index is 1.65. The minimum Gasteiger partial charge on any atom is -0.469 e.